The van der Waals surface area contributed by atoms with Crippen molar-refractivity contribution in [2.75, 3.05) is 25.0 Å². The third kappa shape index (κ3) is 17.6. The average Bonchev–Trinajstić information content (AvgIpc) is 3.18. The molecule has 0 unspecified atom stereocenters. The summed E-state index contributed by atoms with van der Waals surface area (Å²) in [5, 5.41) is 6.71. The van der Waals surface area contributed by atoms with Gasteiger partial charge in [0.2, 0.25) is 11.8 Å². The minimum atomic E-state index is -0.463. The molecular weight excluding hydrogens is 857 g/mol. The zero-order valence-electron chi connectivity index (χ0n) is 37.7. The number of piperidine rings is 1. The molecule has 1 aliphatic heterocycles. The minimum Gasteiger partial charge on any atom is -0.350 e. The first-order valence-electron chi connectivity index (χ1n) is 21.3. The molecule has 1 heterocycles. The number of Topliss-reactive ketones (excluding diaryl/α,β-unsaturated/α-hetero) is 2. The molecule has 6 rings (SSSR count). The first-order chi connectivity index (χ1) is 27.2. The van der Waals surface area contributed by atoms with E-state index in [4.69, 9.17) is 23.2 Å². The van der Waals surface area contributed by atoms with Crippen LogP contribution in [0, 0.1) is 10.8 Å². The molecule has 2 aromatic rings. The lowest BCUT2D eigenvalue weighted by atomic mass is 8.97. The summed E-state index contributed by atoms with van der Waals surface area (Å²) in [6.07, 6.45) is 12.9. The van der Waals surface area contributed by atoms with Crippen molar-refractivity contribution in [3.63, 3.8) is 0 Å². The number of halogens is 1. The van der Waals surface area contributed by atoms with E-state index in [0.29, 0.717) is 23.1 Å². The Morgan fingerprint density at radius 3 is 1.41 bits per heavy atom. The largest absolute Gasteiger partial charge is 0.350 e. The van der Waals surface area contributed by atoms with E-state index in [9.17, 15) is 19.2 Å². The fourth-order valence-corrected chi connectivity index (χ4v) is 9.67. The Labute approximate surface area is 398 Å². The zero-order valence-corrected chi connectivity index (χ0v) is 41.3. The number of hydrogen-bond acceptors (Lipinski definition) is 5. The number of benzene rings is 2. The first-order valence-corrected chi connectivity index (χ1v) is 22.4. The Morgan fingerprint density at radius 1 is 0.705 bits per heavy atom. The summed E-state index contributed by atoms with van der Waals surface area (Å²) in [5.74, 6) is 0.691. The number of carbonyl (C=O) groups is 4. The van der Waals surface area contributed by atoms with Crippen LogP contribution in [-0.2, 0) is 30.0 Å². The second-order valence-corrected chi connectivity index (χ2v) is 19.5. The Bertz CT molecular complexity index is 1680. The minimum absolute atomic E-state index is 0. The third-order valence-corrected chi connectivity index (χ3v) is 12.9. The molecule has 3 aliphatic carbocycles. The van der Waals surface area contributed by atoms with Crippen LogP contribution >= 0.6 is 42.9 Å². The molecule has 2 atom stereocenters. The van der Waals surface area contributed by atoms with E-state index in [2.05, 4.69) is 80.0 Å². The van der Waals surface area contributed by atoms with Gasteiger partial charge >= 0.3 is 0 Å². The van der Waals surface area contributed by atoms with E-state index in [0.717, 1.165) is 45.2 Å². The van der Waals surface area contributed by atoms with Gasteiger partial charge in [-0.05, 0) is 97.5 Å². The highest BCUT2D eigenvalue weighted by molar-refractivity contribution is 9.09. The van der Waals surface area contributed by atoms with E-state index >= 15 is 0 Å². The van der Waals surface area contributed by atoms with Gasteiger partial charge in [0.1, 0.15) is 5.78 Å². The number of hydrogen-bond donors (Lipinski definition) is 2. The SMILES string of the molecule is C.CC(=O)N[C@H]1CCC2(CCCCC2)c2ccccc21.CC(=O)N[C@H]1CCC2(CCN(CC(=O)C(C)(C)C)CC2)c2ccccc21.CC(C)(C)C(=O)CBr.S.S.[B][B]B([B])[B]. The first kappa shape index (κ1) is 59.2. The molecule has 2 N–H and O–H groups in total. The van der Waals surface area contributed by atoms with Crippen LogP contribution in [0.1, 0.15) is 168 Å². The van der Waals surface area contributed by atoms with Crippen LogP contribution in [0.15, 0.2) is 48.5 Å². The molecule has 331 valence electrons. The average molecular weight is 931 g/mol. The molecular formula is C46H74B5BrN3O4S2. The second-order valence-electron chi connectivity index (χ2n) is 18.9. The maximum absolute atomic E-state index is 12.4. The number of likely N-dealkylation sites (tertiary alicyclic amines) is 1. The van der Waals surface area contributed by atoms with E-state index < -0.39 is 6.39 Å². The molecule has 61 heavy (non-hydrogen) atoms. The van der Waals surface area contributed by atoms with Crippen LogP contribution in [0.4, 0.5) is 0 Å². The molecule has 2 amide bonds. The smallest absolute Gasteiger partial charge is 0.217 e. The van der Waals surface area contributed by atoms with Gasteiger partial charge in [-0.1, -0.05) is 133 Å². The monoisotopic (exact) mass is 930 g/mol. The van der Waals surface area contributed by atoms with Gasteiger partial charge in [-0.3, -0.25) is 24.1 Å². The van der Waals surface area contributed by atoms with Gasteiger partial charge in [0.25, 0.3) is 0 Å². The lowest BCUT2D eigenvalue weighted by Crippen LogP contribution is -2.48. The van der Waals surface area contributed by atoms with Crippen LogP contribution in [0.25, 0.3) is 0 Å². The van der Waals surface area contributed by atoms with Crippen molar-refractivity contribution in [1.82, 2.24) is 15.5 Å². The van der Waals surface area contributed by atoms with E-state index in [-0.39, 0.29) is 80.3 Å². The number of nitrogens with zero attached hydrogens (tertiary/aromatic N) is 1. The molecule has 7 radical (unpaired) electrons. The Morgan fingerprint density at radius 2 is 1.08 bits per heavy atom. The molecule has 0 bridgehead atoms. The highest BCUT2D eigenvalue weighted by atomic mass is 79.9. The summed E-state index contributed by atoms with van der Waals surface area (Å²) in [7, 11) is 15.8. The van der Waals surface area contributed by atoms with Crippen LogP contribution in [-0.4, -0.2) is 89.9 Å². The Balaban J connectivity index is 0.000000902. The van der Waals surface area contributed by atoms with Gasteiger partial charge in [0, 0.05) is 61.3 Å². The lowest BCUT2D eigenvalue weighted by Gasteiger charge is -2.47. The topological polar surface area (TPSA) is 95.6 Å². The number of fused-ring (bicyclic) bond motifs is 4. The molecule has 7 nitrogen and oxygen atoms in total. The normalized spacial score (nSPS) is 19.4. The molecule has 0 aromatic heterocycles. The molecule has 2 aromatic carbocycles. The second kappa shape index (κ2) is 26.8. The van der Waals surface area contributed by atoms with Gasteiger partial charge in [-0.2, -0.15) is 27.0 Å². The molecule has 1 saturated carbocycles. The summed E-state index contributed by atoms with van der Waals surface area (Å²) >= 11 is 3.10. The summed E-state index contributed by atoms with van der Waals surface area (Å²) in [5.41, 5.74) is 5.74. The van der Waals surface area contributed by atoms with Gasteiger partial charge < -0.3 is 10.6 Å². The van der Waals surface area contributed by atoms with E-state index in [1.165, 1.54) is 67.8 Å². The van der Waals surface area contributed by atoms with Gasteiger partial charge in [-0.15, -0.1) is 0 Å². The summed E-state index contributed by atoms with van der Waals surface area (Å²) in [6.45, 7) is 17.5. The fraction of sp³-hybridized carbons (Fsp3) is 0.652. The molecule has 1 saturated heterocycles. The Kier molecular flexibility index (Phi) is 26.0. The van der Waals surface area contributed by atoms with Gasteiger partial charge in [0.05, 0.1) is 24.0 Å². The maximum atomic E-state index is 12.4. The standard InChI is InChI=1S/C22H32N2O2.C17H23NO.C6H11BrO.CH4.B5.2H2S/c1-16(25)23-19-9-10-22(18-8-6-5-7-17(18)19)11-13-24(14-12-22)15-20(26)21(2,3)4;1-13(19)18-16-9-12-17(10-5-2-6-11-17)15-8-4-3-7-14(15)16;1-6(2,3)5(8)4-7;;1-4-5(2)3;;/h5-8,19H,9-15H2,1-4H3,(H,23,25);3-4,7-8,16H,2,5-6,9-12H2,1H3,(H,18,19);4H2,1-3H3;1H4;;2*1H2/t19-;16-;;;;;/m00...../s1. The molecule has 2 spiro atoms. The van der Waals surface area contributed by atoms with Crippen molar-refractivity contribution in [2.45, 2.75) is 156 Å². The van der Waals surface area contributed by atoms with Crippen molar-refractivity contribution in [3.05, 3.63) is 70.8 Å². The number of rotatable bonds is 6. The fourth-order valence-electron chi connectivity index (χ4n) is 8.83. The van der Waals surface area contributed by atoms with Crippen molar-refractivity contribution < 1.29 is 19.2 Å². The third-order valence-electron chi connectivity index (χ3n) is 12.4. The number of ketones is 2. The lowest BCUT2D eigenvalue weighted by molar-refractivity contribution is -0.128. The van der Waals surface area contributed by atoms with E-state index in [1.807, 2.05) is 41.5 Å². The molecule has 15 heteroatoms. The predicted octanol–water partition coefficient (Wildman–Crippen LogP) is 8.42. The number of nitrogens with one attached hydrogen (secondary N) is 2. The maximum Gasteiger partial charge on any atom is 0.217 e. The summed E-state index contributed by atoms with van der Waals surface area (Å²) in [4.78, 5) is 48.4. The highest BCUT2D eigenvalue weighted by Crippen LogP contribution is 2.50. The van der Waals surface area contributed by atoms with Crippen LogP contribution in [0.2, 0.25) is 0 Å². The molecule has 2 fully saturated rings. The Hall–Kier alpha value is -1.82. The van der Waals surface area contributed by atoms with Gasteiger partial charge in [-0.25, -0.2) is 0 Å². The zero-order chi connectivity index (χ0) is 43.3. The summed E-state index contributed by atoms with van der Waals surface area (Å²) in [6, 6.07) is 17.7. The van der Waals surface area contributed by atoms with Crippen LogP contribution < -0.4 is 10.6 Å². The van der Waals surface area contributed by atoms with E-state index in [1.54, 1.807) is 13.8 Å². The van der Waals surface area contributed by atoms with Crippen molar-refractivity contribution in [2.24, 2.45) is 10.8 Å². The number of alkyl halides is 1. The number of carbonyl (C=O) groups excluding carboxylic acids is 4. The van der Waals surface area contributed by atoms with Crippen molar-refractivity contribution >= 4 is 103 Å². The highest BCUT2D eigenvalue weighted by Gasteiger charge is 2.43. The van der Waals surface area contributed by atoms with Crippen molar-refractivity contribution in [3.8, 4) is 0 Å². The summed E-state index contributed by atoms with van der Waals surface area (Å²) < 4.78 is 0. The quantitative estimate of drug-likeness (QED) is 0.224. The van der Waals surface area contributed by atoms with Crippen LogP contribution in [0.5, 0.6) is 0 Å². The van der Waals surface area contributed by atoms with Crippen LogP contribution in [0.3, 0.4) is 0 Å². The number of amides is 2. The predicted molar refractivity (Wildman–Crippen MR) is 276 cm³/mol. The molecule has 4 aliphatic rings. The van der Waals surface area contributed by atoms with Gasteiger partial charge in [0.15, 0.2) is 5.78 Å². The van der Waals surface area contributed by atoms with Crippen molar-refractivity contribution in [1.29, 1.82) is 0 Å².